The van der Waals surface area contributed by atoms with Crippen molar-refractivity contribution in [3.05, 3.63) is 42.0 Å². The molecule has 6 nitrogen and oxygen atoms in total. The molecule has 3 rings (SSSR count). The van der Waals surface area contributed by atoms with E-state index in [9.17, 15) is 8.78 Å². The summed E-state index contributed by atoms with van der Waals surface area (Å²) in [5.74, 6) is 0.376. The molecule has 1 aliphatic heterocycles. The van der Waals surface area contributed by atoms with Crippen LogP contribution in [0.3, 0.4) is 0 Å². The van der Waals surface area contributed by atoms with Gasteiger partial charge in [0.1, 0.15) is 29.6 Å². The molecule has 0 radical (unpaired) electrons. The Bertz CT molecular complexity index is 688. The van der Waals surface area contributed by atoms with E-state index in [-0.39, 0.29) is 18.2 Å². The van der Waals surface area contributed by atoms with Crippen LogP contribution in [0.1, 0.15) is 12.0 Å². The number of likely N-dealkylation sites (tertiary alicyclic amines) is 1. The molecular formula is C16H20F2N6. The number of nitrogens with one attached hydrogen (secondary N) is 1. The zero-order valence-electron chi connectivity index (χ0n) is 13.7. The Hall–Kier alpha value is -2.35. The minimum Gasteiger partial charge on any atom is -0.366 e. The Morgan fingerprint density at radius 3 is 2.71 bits per heavy atom. The van der Waals surface area contributed by atoms with Gasteiger partial charge in [-0.3, -0.25) is 9.88 Å². The molecule has 1 N–H and O–H groups in total. The van der Waals surface area contributed by atoms with Gasteiger partial charge in [-0.25, -0.2) is 18.7 Å². The Balaban J connectivity index is 1.61. The molecule has 0 amide bonds. The number of anilines is 2. The van der Waals surface area contributed by atoms with E-state index in [0.717, 1.165) is 37.0 Å². The summed E-state index contributed by atoms with van der Waals surface area (Å²) in [5.41, 5.74) is 0.0718. The molecule has 8 heteroatoms. The molecule has 24 heavy (non-hydrogen) atoms. The van der Waals surface area contributed by atoms with Crippen LogP contribution in [0.25, 0.3) is 0 Å². The van der Waals surface area contributed by atoms with E-state index in [2.05, 4.69) is 20.3 Å². The fraction of sp³-hybridized carbons (Fsp3) is 0.438. The normalized spacial score (nSPS) is 17.9. The van der Waals surface area contributed by atoms with Crippen LogP contribution in [0, 0.1) is 11.6 Å². The second-order valence-electron chi connectivity index (χ2n) is 6.10. The zero-order chi connectivity index (χ0) is 17.1. The summed E-state index contributed by atoms with van der Waals surface area (Å²) in [6.07, 6.45) is 4.50. The SMILES string of the molecule is CN(C)c1cc(NC2CCN(Cc3c(F)cncc3F)C2)ncn1. The first kappa shape index (κ1) is 16.5. The number of rotatable bonds is 5. The number of halogens is 2. The van der Waals surface area contributed by atoms with Crippen LogP contribution in [0.15, 0.2) is 24.8 Å². The summed E-state index contributed by atoms with van der Waals surface area (Å²) < 4.78 is 27.4. The van der Waals surface area contributed by atoms with Crippen LogP contribution in [-0.2, 0) is 6.54 Å². The Morgan fingerprint density at radius 2 is 2.00 bits per heavy atom. The number of aromatic nitrogens is 3. The number of hydrogen-bond donors (Lipinski definition) is 1. The van der Waals surface area contributed by atoms with Crippen molar-refractivity contribution < 1.29 is 8.78 Å². The maximum atomic E-state index is 13.7. The second kappa shape index (κ2) is 7.04. The lowest BCUT2D eigenvalue weighted by Crippen LogP contribution is -2.27. The molecule has 128 valence electrons. The van der Waals surface area contributed by atoms with Crippen molar-refractivity contribution in [2.45, 2.75) is 19.0 Å². The molecule has 1 fully saturated rings. The summed E-state index contributed by atoms with van der Waals surface area (Å²) in [6.45, 7) is 1.71. The standard InChI is InChI=1S/C16H20F2N6/c1-23(2)16-5-15(20-10-21-16)22-11-3-4-24(8-11)9-12-13(17)6-19-7-14(12)18/h5-7,10-11H,3-4,8-9H2,1-2H3,(H,20,21,22). The van der Waals surface area contributed by atoms with Crippen molar-refractivity contribution in [3.8, 4) is 0 Å². The van der Waals surface area contributed by atoms with Gasteiger partial charge in [0.25, 0.3) is 0 Å². The molecule has 0 bridgehead atoms. The second-order valence-corrected chi connectivity index (χ2v) is 6.10. The molecule has 2 aromatic rings. The summed E-state index contributed by atoms with van der Waals surface area (Å²) in [4.78, 5) is 15.8. The van der Waals surface area contributed by atoms with Gasteiger partial charge in [-0.1, -0.05) is 0 Å². The quantitative estimate of drug-likeness (QED) is 0.901. The summed E-state index contributed by atoms with van der Waals surface area (Å²) >= 11 is 0. The number of pyridine rings is 1. The fourth-order valence-corrected chi connectivity index (χ4v) is 2.79. The van der Waals surface area contributed by atoms with Crippen molar-refractivity contribution in [2.24, 2.45) is 0 Å². The van der Waals surface area contributed by atoms with E-state index in [4.69, 9.17) is 0 Å². The summed E-state index contributed by atoms with van der Waals surface area (Å²) in [6, 6.07) is 2.06. The third-order valence-corrected chi connectivity index (χ3v) is 4.07. The lowest BCUT2D eigenvalue weighted by atomic mass is 10.2. The Kier molecular flexibility index (Phi) is 4.84. The highest BCUT2D eigenvalue weighted by Crippen LogP contribution is 2.20. The Labute approximate surface area is 139 Å². The van der Waals surface area contributed by atoms with Crippen molar-refractivity contribution in [2.75, 3.05) is 37.4 Å². The molecule has 0 spiro atoms. The van der Waals surface area contributed by atoms with E-state index in [0.29, 0.717) is 6.54 Å². The van der Waals surface area contributed by atoms with E-state index in [1.165, 1.54) is 6.33 Å². The molecule has 1 saturated heterocycles. The molecule has 3 heterocycles. The smallest absolute Gasteiger partial charge is 0.148 e. The van der Waals surface area contributed by atoms with Gasteiger partial charge in [-0.05, 0) is 6.42 Å². The first-order valence-corrected chi connectivity index (χ1v) is 7.79. The fourth-order valence-electron chi connectivity index (χ4n) is 2.79. The van der Waals surface area contributed by atoms with Gasteiger partial charge >= 0.3 is 0 Å². The van der Waals surface area contributed by atoms with Crippen LogP contribution in [0.2, 0.25) is 0 Å². The average Bonchev–Trinajstić information content (AvgIpc) is 2.98. The van der Waals surface area contributed by atoms with Gasteiger partial charge in [-0.2, -0.15) is 0 Å². The number of hydrogen-bond acceptors (Lipinski definition) is 6. The highest BCUT2D eigenvalue weighted by atomic mass is 19.1. The van der Waals surface area contributed by atoms with Crippen LogP contribution < -0.4 is 10.2 Å². The predicted octanol–water partition coefficient (Wildman–Crippen LogP) is 1.90. The highest BCUT2D eigenvalue weighted by Gasteiger charge is 2.24. The van der Waals surface area contributed by atoms with Crippen molar-refractivity contribution in [1.29, 1.82) is 0 Å². The maximum Gasteiger partial charge on any atom is 0.148 e. The van der Waals surface area contributed by atoms with Crippen LogP contribution in [0.5, 0.6) is 0 Å². The van der Waals surface area contributed by atoms with Crippen molar-refractivity contribution in [3.63, 3.8) is 0 Å². The van der Waals surface area contributed by atoms with E-state index >= 15 is 0 Å². The van der Waals surface area contributed by atoms with Gasteiger partial charge in [-0.15, -0.1) is 0 Å². The maximum absolute atomic E-state index is 13.7. The molecule has 0 saturated carbocycles. The third kappa shape index (κ3) is 3.76. The monoisotopic (exact) mass is 334 g/mol. The van der Waals surface area contributed by atoms with E-state index in [1.54, 1.807) is 0 Å². The molecule has 2 aromatic heterocycles. The minimum atomic E-state index is -0.599. The lowest BCUT2D eigenvalue weighted by molar-refractivity contribution is 0.315. The van der Waals surface area contributed by atoms with Gasteiger partial charge in [0.05, 0.1) is 12.4 Å². The molecule has 1 unspecified atom stereocenters. The van der Waals surface area contributed by atoms with Gasteiger partial charge in [0.15, 0.2) is 0 Å². The van der Waals surface area contributed by atoms with Crippen LogP contribution >= 0.6 is 0 Å². The molecule has 1 atom stereocenters. The zero-order valence-corrected chi connectivity index (χ0v) is 13.7. The van der Waals surface area contributed by atoms with E-state index < -0.39 is 11.6 Å². The molecular weight excluding hydrogens is 314 g/mol. The van der Waals surface area contributed by atoms with Gasteiger partial charge in [0, 0.05) is 51.4 Å². The van der Waals surface area contributed by atoms with Crippen molar-refractivity contribution in [1.82, 2.24) is 19.9 Å². The molecule has 0 aromatic carbocycles. The minimum absolute atomic E-state index is 0.0718. The van der Waals surface area contributed by atoms with Crippen LogP contribution in [0.4, 0.5) is 20.4 Å². The third-order valence-electron chi connectivity index (χ3n) is 4.07. The topological polar surface area (TPSA) is 57.2 Å². The summed E-state index contributed by atoms with van der Waals surface area (Å²) in [5, 5.41) is 3.36. The highest BCUT2D eigenvalue weighted by molar-refractivity contribution is 5.48. The predicted molar refractivity (Wildman–Crippen MR) is 87.8 cm³/mol. The molecule has 0 aliphatic carbocycles. The van der Waals surface area contributed by atoms with Gasteiger partial charge < -0.3 is 10.2 Å². The number of nitrogens with zero attached hydrogens (tertiary/aromatic N) is 5. The molecule has 1 aliphatic rings. The summed E-state index contributed by atoms with van der Waals surface area (Å²) in [7, 11) is 3.84. The van der Waals surface area contributed by atoms with Crippen LogP contribution in [-0.4, -0.2) is 53.1 Å². The Morgan fingerprint density at radius 1 is 1.25 bits per heavy atom. The average molecular weight is 334 g/mol. The van der Waals surface area contributed by atoms with E-state index in [1.807, 2.05) is 30.0 Å². The van der Waals surface area contributed by atoms with Crippen molar-refractivity contribution >= 4 is 11.6 Å². The largest absolute Gasteiger partial charge is 0.366 e. The first-order valence-electron chi connectivity index (χ1n) is 7.79. The first-order chi connectivity index (χ1) is 11.5. The van der Waals surface area contributed by atoms with Gasteiger partial charge in [0.2, 0.25) is 0 Å². The lowest BCUT2D eigenvalue weighted by Gasteiger charge is -2.18.